The quantitative estimate of drug-likeness (QED) is 0.521. The van der Waals surface area contributed by atoms with Crippen LogP contribution < -0.4 is 11.1 Å². The third-order valence-electron chi connectivity index (χ3n) is 3.00. The van der Waals surface area contributed by atoms with E-state index in [0.717, 1.165) is 12.8 Å². The first-order valence-electron chi connectivity index (χ1n) is 6.76. The van der Waals surface area contributed by atoms with Gasteiger partial charge in [0.05, 0.1) is 6.61 Å². The molecule has 0 aromatic rings. The predicted octanol–water partition coefficient (Wildman–Crippen LogP) is 1.26. The van der Waals surface area contributed by atoms with E-state index in [1.165, 1.54) is 0 Å². The molecule has 0 saturated carbocycles. The van der Waals surface area contributed by atoms with Gasteiger partial charge < -0.3 is 20.9 Å². The van der Waals surface area contributed by atoms with E-state index in [4.69, 9.17) is 15.6 Å². The summed E-state index contributed by atoms with van der Waals surface area (Å²) in [5, 5.41) is 18.9. The van der Waals surface area contributed by atoms with Gasteiger partial charge in [-0.1, -0.05) is 0 Å². The van der Waals surface area contributed by atoms with Crippen LogP contribution in [0.2, 0.25) is 0 Å². The normalized spacial score (nSPS) is 16.5. The molecule has 0 fully saturated rings. The smallest absolute Gasteiger partial charge is 0.407 e. The van der Waals surface area contributed by atoms with E-state index < -0.39 is 18.1 Å². The molecule has 8 heteroatoms. The fraction of sp³-hybridized carbons (Fsp3) is 0.833. The molecule has 1 aliphatic heterocycles. The number of carbonyl (C=O) groups is 2. The van der Waals surface area contributed by atoms with Crippen molar-refractivity contribution in [2.45, 2.75) is 50.7 Å². The summed E-state index contributed by atoms with van der Waals surface area (Å²) in [5.74, 6) is -1.000. The maximum Gasteiger partial charge on any atom is 0.407 e. The summed E-state index contributed by atoms with van der Waals surface area (Å²) in [6, 6.07) is -0.832. The molecular weight excluding hydrogens is 264 g/mol. The molecule has 0 aromatic carbocycles. The van der Waals surface area contributed by atoms with Crippen LogP contribution in [0, 0.1) is 0 Å². The minimum atomic E-state index is -1.000. The highest BCUT2D eigenvalue weighted by molar-refractivity contribution is 5.72. The predicted molar refractivity (Wildman–Crippen MR) is 71.3 cm³/mol. The number of nitrogens with zero attached hydrogens (tertiary/aromatic N) is 2. The van der Waals surface area contributed by atoms with Crippen molar-refractivity contribution in [3.05, 3.63) is 0 Å². The number of aliphatic carboxylic acids is 1. The summed E-state index contributed by atoms with van der Waals surface area (Å²) in [4.78, 5) is 21.8. The molecule has 1 heterocycles. The summed E-state index contributed by atoms with van der Waals surface area (Å²) in [7, 11) is 0. The van der Waals surface area contributed by atoms with Crippen molar-refractivity contribution >= 4 is 12.1 Å². The fourth-order valence-electron chi connectivity index (χ4n) is 1.61. The lowest BCUT2D eigenvalue weighted by molar-refractivity contribution is -0.138. The average molecular weight is 286 g/mol. The first-order chi connectivity index (χ1) is 9.43. The van der Waals surface area contributed by atoms with E-state index in [0.29, 0.717) is 32.4 Å². The highest BCUT2D eigenvalue weighted by atomic mass is 16.5. The van der Waals surface area contributed by atoms with Crippen LogP contribution in [0.25, 0.3) is 0 Å². The lowest BCUT2D eigenvalue weighted by Gasteiger charge is -2.08. The molecule has 1 rings (SSSR count). The number of ether oxygens (including phenoxy) is 1. The third kappa shape index (κ3) is 7.03. The van der Waals surface area contributed by atoms with E-state index in [2.05, 4.69) is 15.5 Å². The van der Waals surface area contributed by atoms with Crippen LogP contribution in [0.4, 0.5) is 4.79 Å². The summed E-state index contributed by atoms with van der Waals surface area (Å²) >= 11 is 0. The van der Waals surface area contributed by atoms with E-state index in [1.54, 1.807) is 0 Å². The van der Waals surface area contributed by atoms with E-state index in [-0.39, 0.29) is 5.66 Å². The Morgan fingerprint density at radius 1 is 1.35 bits per heavy atom. The first-order valence-corrected chi connectivity index (χ1v) is 6.76. The Labute approximate surface area is 117 Å². The lowest BCUT2D eigenvalue weighted by atomic mass is 10.1. The average Bonchev–Trinajstić information content (AvgIpc) is 3.12. The van der Waals surface area contributed by atoms with Gasteiger partial charge in [0.2, 0.25) is 0 Å². The maximum absolute atomic E-state index is 11.3. The van der Waals surface area contributed by atoms with Gasteiger partial charge in [-0.2, -0.15) is 10.2 Å². The van der Waals surface area contributed by atoms with Crippen molar-refractivity contribution in [3.63, 3.8) is 0 Å². The number of rotatable bonds is 10. The third-order valence-corrected chi connectivity index (χ3v) is 3.00. The zero-order valence-electron chi connectivity index (χ0n) is 11.7. The molecule has 0 bridgehead atoms. The van der Waals surface area contributed by atoms with Gasteiger partial charge in [0, 0.05) is 6.54 Å². The van der Waals surface area contributed by atoms with Crippen LogP contribution in [-0.4, -0.2) is 42.0 Å². The van der Waals surface area contributed by atoms with Crippen LogP contribution in [0.1, 0.15) is 39.0 Å². The molecule has 0 radical (unpaired) electrons. The lowest BCUT2D eigenvalue weighted by Crippen LogP contribution is -2.30. The highest BCUT2D eigenvalue weighted by Crippen LogP contribution is 2.31. The zero-order valence-corrected chi connectivity index (χ0v) is 11.7. The minimum Gasteiger partial charge on any atom is -0.480 e. The second kappa shape index (κ2) is 7.78. The number of alkyl carbamates (subject to hydrolysis) is 1. The van der Waals surface area contributed by atoms with Crippen molar-refractivity contribution in [1.82, 2.24) is 5.32 Å². The van der Waals surface area contributed by atoms with Gasteiger partial charge in [-0.25, -0.2) is 4.79 Å². The second-order valence-electron chi connectivity index (χ2n) is 5.02. The van der Waals surface area contributed by atoms with E-state index >= 15 is 0 Å². The van der Waals surface area contributed by atoms with Gasteiger partial charge in [-0.05, 0) is 39.0 Å². The molecule has 114 valence electrons. The van der Waals surface area contributed by atoms with Gasteiger partial charge in [0.25, 0.3) is 0 Å². The van der Waals surface area contributed by atoms with Crippen molar-refractivity contribution in [2.24, 2.45) is 16.0 Å². The van der Waals surface area contributed by atoms with Crippen LogP contribution >= 0.6 is 0 Å². The fourth-order valence-corrected chi connectivity index (χ4v) is 1.61. The Morgan fingerprint density at radius 3 is 2.65 bits per heavy atom. The zero-order chi connectivity index (χ0) is 15.0. The minimum absolute atomic E-state index is 0.247. The molecule has 20 heavy (non-hydrogen) atoms. The second-order valence-corrected chi connectivity index (χ2v) is 5.02. The number of amides is 1. The van der Waals surface area contributed by atoms with Crippen molar-refractivity contribution in [1.29, 1.82) is 0 Å². The molecule has 1 amide bonds. The number of carbonyl (C=O) groups excluding carboxylic acids is 1. The molecule has 0 saturated heterocycles. The van der Waals surface area contributed by atoms with Gasteiger partial charge in [0.1, 0.15) is 6.04 Å². The largest absolute Gasteiger partial charge is 0.480 e. The molecular formula is C12H22N4O4. The van der Waals surface area contributed by atoms with Gasteiger partial charge in [-0.15, -0.1) is 0 Å². The Kier molecular flexibility index (Phi) is 6.37. The number of nitrogens with one attached hydrogen (secondary N) is 1. The van der Waals surface area contributed by atoms with Gasteiger partial charge in [0.15, 0.2) is 5.66 Å². The number of carboxylic acid groups (broad SMARTS) is 1. The maximum atomic E-state index is 11.3. The molecule has 1 atom stereocenters. The summed E-state index contributed by atoms with van der Waals surface area (Å²) < 4.78 is 4.98. The summed E-state index contributed by atoms with van der Waals surface area (Å²) in [5.41, 5.74) is 5.11. The highest BCUT2D eigenvalue weighted by Gasteiger charge is 2.32. The molecule has 8 nitrogen and oxygen atoms in total. The van der Waals surface area contributed by atoms with Crippen molar-refractivity contribution in [2.75, 3.05) is 13.2 Å². The Morgan fingerprint density at radius 2 is 2.05 bits per heavy atom. The first kappa shape index (κ1) is 16.4. The molecule has 0 spiro atoms. The molecule has 1 aliphatic rings. The van der Waals surface area contributed by atoms with Crippen LogP contribution in [0.3, 0.4) is 0 Å². The van der Waals surface area contributed by atoms with E-state index in [9.17, 15) is 9.59 Å². The van der Waals surface area contributed by atoms with Crippen LogP contribution in [0.15, 0.2) is 10.2 Å². The standard InChI is InChI=1S/C12H22N4O4/c1-12(15-16-12)6-4-8-20-11(19)14-7-3-2-5-9(13)10(17)18/h9H,2-8,13H2,1H3,(H,14,19)(H,17,18). The summed E-state index contributed by atoms with van der Waals surface area (Å²) in [6.45, 7) is 2.72. The number of carboxylic acids is 1. The number of hydrogen-bond donors (Lipinski definition) is 3. The SMILES string of the molecule is CC1(CCCOC(=O)NCCCCC(N)C(=O)O)N=N1. The van der Waals surface area contributed by atoms with Crippen LogP contribution in [0.5, 0.6) is 0 Å². The number of hydrogen-bond acceptors (Lipinski definition) is 6. The van der Waals surface area contributed by atoms with Crippen molar-refractivity contribution < 1.29 is 19.4 Å². The monoisotopic (exact) mass is 286 g/mol. The topological polar surface area (TPSA) is 126 Å². The van der Waals surface area contributed by atoms with Crippen molar-refractivity contribution in [3.8, 4) is 0 Å². The Hall–Kier alpha value is -1.70. The van der Waals surface area contributed by atoms with Crippen LogP contribution in [-0.2, 0) is 9.53 Å². The van der Waals surface area contributed by atoms with Gasteiger partial charge >= 0.3 is 12.1 Å². The Bertz CT molecular complexity index is 366. The molecule has 1 unspecified atom stereocenters. The molecule has 4 N–H and O–H groups in total. The van der Waals surface area contributed by atoms with E-state index in [1.807, 2.05) is 6.92 Å². The number of unbranched alkanes of at least 4 members (excludes halogenated alkanes) is 1. The molecule has 0 aliphatic carbocycles. The Balaban J connectivity index is 1.88. The number of nitrogens with two attached hydrogens (primary N) is 1. The summed E-state index contributed by atoms with van der Waals surface area (Å²) in [6.07, 6.45) is 2.78. The molecule has 0 aromatic heterocycles. The van der Waals surface area contributed by atoms with Gasteiger partial charge in [-0.3, -0.25) is 4.79 Å².